The SMILES string of the molecule is Cc1cc(F)cc(-c2cc(O)c(C(=O)NCC(=O)O)c3ncnn23)c1.Cl. The average molecular weight is 381 g/mol. The molecule has 0 atom stereocenters. The first kappa shape index (κ1) is 19.1. The summed E-state index contributed by atoms with van der Waals surface area (Å²) in [5.41, 5.74) is 1.27. The van der Waals surface area contributed by atoms with Crippen molar-refractivity contribution in [1.29, 1.82) is 0 Å². The molecule has 8 nitrogen and oxygen atoms in total. The number of fused-ring (bicyclic) bond motifs is 1. The lowest BCUT2D eigenvalue weighted by Crippen LogP contribution is -2.29. The van der Waals surface area contributed by atoms with Crippen LogP contribution in [0.5, 0.6) is 5.75 Å². The van der Waals surface area contributed by atoms with Crippen molar-refractivity contribution in [3.63, 3.8) is 0 Å². The first-order valence-corrected chi connectivity index (χ1v) is 7.20. The molecule has 0 unspecified atom stereocenters. The molecule has 0 saturated carbocycles. The molecule has 0 radical (unpaired) electrons. The van der Waals surface area contributed by atoms with Crippen molar-refractivity contribution in [2.24, 2.45) is 0 Å². The van der Waals surface area contributed by atoms with Gasteiger partial charge in [0.05, 0.1) is 5.69 Å². The van der Waals surface area contributed by atoms with Gasteiger partial charge in [-0.15, -0.1) is 12.4 Å². The minimum absolute atomic E-state index is 0. The maximum Gasteiger partial charge on any atom is 0.322 e. The molecule has 0 bridgehead atoms. The van der Waals surface area contributed by atoms with Gasteiger partial charge in [0.2, 0.25) is 0 Å². The van der Waals surface area contributed by atoms with Gasteiger partial charge in [0.1, 0.15) is 30.0 Å². The van der Waals surface area contributed by atoms with Gasteiger partial charge in [-0.05, 0) is 30.7 Å². The van der Waals surface area contributed by atoms with Crippen molar-refractivity contribution in [1.82, 2.24) is 19.9 Å². The average Bonchev–Trinajstić information content (AvgIpc) is 2.99. The quantitative estimate of drug-likeness (QED) is 0.635. The Morgan fingerprint density at radius 2 is 2.00 bits per heavy atom. The molecule has 3 rings (SSSR count). The second-order valence-corrected chi connectivity index (χ2v) is 5.38. The van der Waals surface area contributed by atoms with E-state index in [1.165, 1.54) is 29.0 Å². The molecule has 10 heteroatoms. The number of hydrogen-bond donors (Lipinski definition) is 3. The van der Waals surface area contributed by atoms with E-state index >= 15 is 0 Å². The van der Waals surface area contributed by atoms with Crippen molar-refractivity contribution in [2.45, 2.75) is 6.92 Å². The summed E-state index contributed by atoms with van der Waals surface area (Å²) in [5.74, 6) is -2.90. The fourth-order valence-electron chi connectivity index (χ4n) is 2.52. The van der Waals surface area contributed by atoms with Gasteiger partial charge in [-0.25, -0.2) is 13.9 Å². The third kappa shape index (κ3) is 3.57. The number of halogens is 2. The third-order valence-electron chi connectivity index (χ3n) is 3.49. The summed E-state index contributed by atoms with van der Waals surface area (Å²) in [6.45, 7) is 1.11. The van der Waals surface area contributed by atoms with E-state index in [9.17, 15) is 19.1 Å². The van der Waals surface area contributed by atoms with Crippen LogP contribution >= 0.6 is 12.4 Å². The zero-order valence-corrected chi connectivity index (χ0v) is 14.2. The van der Waals surface area contributed by atoms with Crippen molar-refractivity contribution in [3.8, 4) is 17.0 Å². The molecule has 0 spiro atoms. The Kier molecular flexibility index (Phi) is 5.41. The molecule has 0 fully saturated rings. The van der Waals surface area contributed by atoms with Crippen LogP contribution in [-0.4, -0.2) is 43.2 Å². The molecule has 3 aromatic rings. The van der Waals surface area contributed by atoms with Crippen LogP contribution in [0.3, 0.4) is 0 Å². The van der Waals surface area contributed by atoms with E-state index < -0.39 is 30.0 Å². The van der Waals surface area contributed by atoms with Crippen molar-refractivity contribution in [3.05, 3.63) is 47.5 Å². The van der Waals surface area contributed by atoms with Gasteiger partial charge in [-0.2, -0.15) is 5.10 Å². The molecule has 136 valence electrons. The molecule has 0 aliphatic heterocycles. The van der Waals surface area contributed by atoms with Gasteiger partial charge >= 0.3 is 5.97 Å². The minimum Gasteiger partial charge on any atom is -0.507 e. The number of hydrogen-bond acceptors (Lipinski definition) is 5. The molecular weight excluding hydrogens is 367 g/mol. The molecule has 1 aromatic carbocycles. The summed E-state index contributed by atoms with van der Waals surface area (Å²) < 4.78 is 15.0. The Labute approximate surface area is 152 Å². The number of benzene rings is 1. The van der Waals surface area contributed by atoms with Crippen molar-refractivity contribution < 1.29 is 24.2 Å². The number of aromatic nitrogens is 3. The first-order chi connectivity index (χ1) is 11.9. The van der Waals surface area contributed by atoms with E-state index in [0.29, 0.717) is 16.8 Å². The van der Waals surface area contributed by atoms with Gasteiger partial charge < -0.3 is 15.5 Å². The molecule has 3 N–H and O–H groups in total. The number of nitrogens with zero attached hydrogens (tertiary/aromatic N) is 3. The van der Waals surface area contributed by atoms with Gasteiger partial charge in [0, 0.05) is 11.6 Å². The number of aliphatic carboxylic acids is 1. The van der Waals surface area contributed by atoms with Crippen LogP contribution in [-0.2, 0) is 4.79 Å². The molecular formula is C16H14ClFN4O4. The van der Waals surface area contributed by atoms with E-state index in [-0.39, 0.29) is 23.6 Å². The first-order valence-electron chi connectivity index (χ1n) is 7.20. The molecule has 0 aliphatic rings. The molecule has 1 amide bonds. The van der Waals surface area contributed by atoms with Gasteiger partial charge in [0.25, 0.3) is 5.91 Å². The number of aromatic hydroxyl groups is 1. The van der Waals surface area contributed by atoms with Crippen LogP contribution in [0.1, 0.15) is 15.9 Å². The highest BCUT2D eigenvalue weighted by Crippen LogP contribution is 2.30. The number of carboxylic acids is 1. The smallest absolute Gasteiger partial charge is 0.322 e. The standard InChI is InChI=1S/C16H13FN4O4.ClH/c1-8-2-9(4-10(17)3-8)11-5-12(22)14(15-19-7-20-21(11)15)16(25)18-6-13(23)24;/h2-5,7,22H,6H2,1H3,(H,18,25)(H,23,24);1H. The maximum atomic E-state index is 13.7. The van der Waals surface area contributed by atoms with E-state index in [1.807, 2.05) is 0 Å². The highest BCUT2D eigenvalue weighted by molar-refractivity contribution is 6.04. The second kappa shape index (κ2) is 7.36. The zero-order chi connectivity index (χ0) is 18.1. The molecule has 0 saturated heterocycles. The Bertz CT molecular complexity index is 985. The zero-order valence-electron chi connectivity index (χ0n) is 13.4. The van der Waals surface area contributed by atoms with Crippen LogP contribution in [0.15, 0.2) is 30.6 Å². The molecule has 2 aromatic heterocycles. The lowest BCUT2D eigenvalue weighted by molar-refractivity contribution is -0.135. The number of rotatable bonds is 4. The van der Waals surface area contributed by atoms with E-state index in [1.54, 1.807) is 13.0 Å². The number of carbonyl (C=O) groups excluding carboxylic acids is 1. The van der Waals surface area contributed by atoms with Gasteiger partial charge in [0.15, 0.2) is 5.65 Å². The summed E-state index contributed by atoms with van der Waals surface area (Å²) in [7, 11) is 0. The normalized spacial score (nSPS) is 10.4. The molecule has 0 aliphatic carbocycles. The summed E-state index contributed by atoms with van der Waals surface area (Å²) in [6.07, 6.45) is 1.18. The van der Waals surface area contributed by atoms with Gasteiger partial charge in [-0.3, -0.25) is 9.59 Å². The summed E-state index contributed by atoms with van der Waals surface area (Å²) in [6, 6.07) is 5.58. The Hall–Kier alpha value is -3.20. The van der Waals surface area contributed by atoms with Crippen LogP contribution in [0.2, 0.25) is 0 Å². The number of carboxylic acid groups (broad SMARTS) is 1. The Morgan fingerprint density at radius 1 is 1.27 bits per heavy atom. The number of pyridine rings is 1. The fraction of sp³-hybridized carbons (Fsp3) is 0.125. The highest BCUT2D eigenvalue weighted by Gasteiger charge is 2.21. The van der Waals surface area contributed by atoms with E-state index in [2.05, 4.69) is 15.4 Å². The largest absolute Gasteiger partial charge is 0.507 e. The van der Waals surface area contributed by atoms with E-state index in [4.69, 9.17) is 5.11 Å². The van der Waals surface area contributed by atoms with Crippen molar-refractivity contribution >= 4 is 29.9 Å². The predicted octanol–water partition coefficient (Wildman–Crippen LogP) is 1.79. The summed E-state index contributed by atoms with van der Waals surface area (Å²) in [4.78, 5) is 26.7. The Balaban J connectivity index is 0.00000243. The lowest BCUT2D eigenvalue weighted by Gasteiger charge is -2.11. The monoisotopic (exact) mass is 380 g/mol. The molecule has 2 heterocycles. The number of nitrogens with one attached hydrogen (secondary N) is 1. The number of carbonyl (C=O) groups is 2. The Morgan fingerprint density at radius 3 is 2.65 bits per heavy atom. The fourth-order valence-corrected chi connectivity index (χ4v) is 2.52. The number of amides is 1. The summed E-state index contributed by atoms with van der Waals surface area (Å²) in [5, 5.41) is 25.1. The predicted molar refractivity (Wildman–Crippen MR) is 92.0 cm³/mol. The minimum atomic E-state index is -1.22. The lowest BCUT2D eigenvalue weighted by atomic mass is 10.1. The van der Waals surface area contributed by atoms with Crippen LogP contribution < -0.4 is 5.32 Å². The summed E-state index contributed by atoms with van der Waals surface area (Å²) >= 11 is 0. The molecule has 26 heavy (non-hydrogen) atoms. The maximum absolute atomic E-state index is 13.7. The van der Waals surface area contributed by atoms with Crippen LogP contribution in [0.4, 0.5) is 4.39 Å². The topological polar surface area (TPSA) is 117 Å². The number of aryl methyl sites for hydroxylation is 1. The van der Waals surface area contributed by atoms with Crippen LogP contribution in [0, 0.1) is 12.7 Å². The highest BCUT2D eigenvalue weighted by atomic mass is 35.5. The van der Waals surface area contributed by atoms with Crippen molar-refractivity contribution in [2.75, 3.05) is 6.54 Å². The third-order valence-corrected chi connectivity index (χ3v) is 3.49. The van der Waals surface area contributed by atoms with Crippen LogP contribution in [0.25, 0.3) is 16.9 Å². The second-order valence-electron chi connectivity index (χ2n) is 5.38. The van der Waals surface area contributed by atoms with Gasteiger partial charge in [-0.1, -0.05) is 0 Å². The van der Waals surface area contributed by atoms with E-state index in [0.717, 1.165) is 0 Å².